The van der Waals surface area contributed by atoms with Gasteiger partial charge < -0.3 is 5.32 Å². The highest BCUT2D eigenvalue weighted by Gasteiger charge is 2.19. The molecule has 30 heavy (non-hydrogen) atoms. The van der Waals surface area contributed by atoms with Crippen LogP contribution in [0.25, 0.3) is 11.6 Å². The van der Waals surface area contributed by atoms with Gasteiger partial charge in [0.25, 0.3) is 0 Å². The summed E-state index contributed by atoms with van der Waals surface area (Å²) >= 11 is 0. The molecule has 0 aliphatic rings. The first-order valence-corrected chi connectivity index (χ1v) is 10.4. The normalized spacial score (nSPS) is 11.0. The average molecular weight is 390 g/mol. The van der Waals surface area contributed by atoms with Gasteiger partial charge in [-0.05, 0) is 59.9 Å². The summed E-state index contributed by atoms with van der Waals surface area (Å²) in [6, 6.07) is 40.3. The van der Waals surface area contributed by atoms with Crippen molar-refractivity contribution in [2.45, 2.75) is 19.4 Å². The quantitative estimate of drug-likeness (QED) is 0.334. The van der Waals surface area contributed by atoms with E-state index in [-0.39, 0.29) is 5.54 Å². The SMILES string of the molecule is CC(C)(Nc1ccccc1)c1ccc(C=C(c2ccccc2)c2ccccc2)cc1. The number of hydrogen-bond donors (Lipinski definition) is 1. The molecule has 0 spiro atoms. The molecule has 0 aliphatic heterocycles. The molecule has 0 fully saturated rings. The van der Waals surface area contributed by atoms with Crippen LogP contribution in [0.15, 0.2) is 115 Å². The number of para-hydroxylation sites is 1. The molecule has 0 aliphatic carbocycles. The van der Waals surface area contributed by atoms with Crippen LogP contribution in [0.5, 0.6) is 0 Å². The molecule has 148 valence electrons. The highest BCUT2D eigenvalue weighted by molar-refractivity contribution is 5.91. The molecule has 1 nitrogen and oxygen atoms in total. The molecule has 1 N–H and O–H groups in total. The Hall–Kier alpha value is -3.58. The molecular formula is C29H27N. The summed E-state index contributed by atoms with van der Waals surface area (Å²) in [6.07, 6.45) is 2.27. The number of benzene rings is 4. The zero-order chi connectivity index (χ0) is 20.8. The Morgan fingerprint density at radius 1 is 0.600 bits per heavy atom. The molecule has 0 radical (unpaired) electrons. The maximum Gasteiger partial charge on any atom is 0.0569 e. The van der Waals surface area contributed by atoms with Crippen molar-refractivity contribution < 1.29 is 0 Å². The summed E-state index contributed by atoms with van der Waals surface area (Å²) in [4.78, 5) is 0. The Bertz CT molecular complexity index is 1050. The monoisotopic (exact) mass is 389 g/mol. The first kappa shape index (κ1) is 19.7. The zero-order valence-electron chi connectivity index (χ0n) is 17.5. The molecule has 0 atom stereocenters. The molecule has 4 aromatic carbocycles. The Balaban J connectivity index is 1.64. The largest absolute Gasteiger partial charge is 0.376 e. The molecule has 0 saturated heterocycles. The minimum absolute atomic E-state index is 0.161. The summed E-state index contributed by atoms with van der Waals surface area (Å²) in [5.41, 5.74) is 7.08. The van der Waals surface area contributed by atoms with Gasteiger partial charge in [0.05, 0.1) is 5.54 Å². The van der Waals surface area contributed by atoms with Crippen LogP contribution in [0.1, 0.15) is 36.1 Å². The van der Waals surface area contributed by atoms with E-state index in [1.807, 2.05) is 6.07 Å². The van der Waals surface area contributed by atoms with Crippen molar-refractivity contribution in [1.29, 1.82) is 0 Å². The third-order valence-corrected chi connectivity index (χ3v) is 5.34. The molecule has 0 aromatic heterocycles. The van der Waals surface area contributed by atoms with Gasteiger partial charge in [0.1, 0.15) is 0 Å². The molecule has 4 aromatic rings. The fraction of sp³-hybridized carbons (Fsp3) is 0.103. The van der Waals surface area contributed by atoms with Crippen LogP contribution < -0.4 is 5.32 Å². The predicted molar refractivity (Wildman–Crippen MR) is 129 cm³/mol. The zero-order valence-corrected chi connectivity index (χ0v) is 17.5. The average Bonchev–Trinajstić information content (AvgIpc) is 2.79. The van der Waals surface area contributed by atoms with Crippen LogP contribution in [0.2, 0.25) is 0 Å². The number of hydrogen-bond acceptors (Lipinski definition) is 1. The van der Waals surface area contributed by atoms with Crippen LogP contribution in [0.3, 0.4) is 0 Å². The predicted octanol–water partition coefficient (Wildman–Crippen LogP) is 7.62. The third kappa shape index (κ3) is 4.69. The molecule has 0 saturated carbocycles. The lowest BCUT2D eigenvalue weighted by Crippen LogP contribution is -2.27. The van der Waals surface area contributed by atoms with Gasteiger partial charge in [-0.25, -0.2) is 0 Å². The Labute approximate surface area is 179 Å². The van der Waals surface area contributed by atoms with Gasteiger partial charge in [-0.15, -0.1) is 0 Å². The number of nitrogens with one attached hydrogen (secondary N) is 1. The molecular weight excluding hydrogens is 362 g/mol. The van der Waals surface area contributed by atoms with E-state index < -0.39 is 0 Å². The Morgan fingerprint density at radius 2 is 1.07 bits per heavy atom. The van der Waals surface area contributed by atoms with Crippen molar-refractivity contribution in [2.75, 3.05) is 5.32 Å². The molecule has 4 rings (SSSR count). The molecule has 0 heterocycles. The van der Waals surface area contributed by atoms with E-state index >= 15 is 0 Å². The molecule has 1 heteroatoms. The van der Waals surface area contributed by atoms with Crippen molar-refractivity contribution >= 4 is 17.3 Å². The van der Waals surface area contributed by atoms with Gasteiger partial charge in [-0.3, -0.25) is 0 Å². The van der Waals surface area contributed by atoms with Crippen molar-refractivity contribution in [2.24, 2.45) is 0 Å². The van der Waals surface area contributed by atoms with Gasteiger partial charge in [0, 0.05) is 5.69 Å². The van der Waals surface area contributed by atoms with Gasteiger partial charge in [-0.2, -0.15) is 0 Å². The maximum absolute atomic E-state index is 3.63. The van der Waals surface area contributed by atoms with Crippen LogP contribution in [-0.4, -0.2) is 0 Å². The Kier molecular flexibility index (Phi) is 5.81. The number of anilines is 1. The first-order valence-electron chi connectivity index (χ1n) is 10.4. The van der Waals surface area contributed by atoms with E-state index in [2.05, 4.69) is 134 Å². The molecule has 0 unspecified atom stereocenters. The van der Waals surface area contributed by atoms with Crippen molar-refractivity contribution in [3.63, 3.8) is 0 Å². The van der Waals surface area contributed by atoms with Gasteiger partial charge in [0.15, 0.2) is 0 Å². The second kappa shape index (κ2) is 8.84. The fourth-order valence-electron chi connectivity index (χ4n) is 3.69. The summed E-state index contributed by atoms with van der Waals surface area (Å²) in [5.74, 6) is 0. The Morgan fingerprint density at radius 3 is 1.57 bits per heavy atom. The van der Waals surface area contributed by atoms with Crippen LogP contribution in [-0.2, 0) is 5.54 Å². The van der Waals surface area contributed by atoms with E-state index in [1.54, 1.807) is 0 Å². The minimum atomic E-state index is -0.161. The minimum Gasteiger partial charge on any atom is -0.376 e. The summed E-state index contributed by atoms with van der Waals surface area (Å²) in [6.45, 7) is 4.43. The standard InChI is InChI=1S/C29H27N/c1-29(2,30-27-16-10-5-11-17-27)26-20-18-23(19-21-26)22-28(24-12-6-3-7-13-24)25-14-8-4-9-15-25/h3-22,30H,1-2H3. The van der Waals surface area contributed by atoms with Crippen LogP contribution in [0, 0.1) is 0 Å². The lowest BCUT2D eigenvalue weighted by atomic mass is 9.91. The molecule has 0 bridgehead atoms. The maximum atomic E-state index is 3.63. The second-order valence-electron chi connectivity index (χ2n) is 8.03. The van der Waals surface area contributed by atoms with Crippen molar-refractivity contribution in [3.05, 3.63) is 138 Å². The summed E-state index contributed by atoms with van der Waals surface area (Å²) in [5, 5.41) is 3.63. The summed E-state index contributed by atoms with van der Waals surface area (Å²) in [7, 11) is 0. The third-order valence-electron chi connectivity index (χ3n) is 5.34. The van der Waals surface area contributed by atoms with Gasteiger partial charge in [0.2, 0.25) is 0 Å². The van der Waals surface area contributed by atoms with Crippen LogP contribution in [0.4, 0.5) is 5.69 Å². The smallest absolute Gasteiger partial charge is 0.0569 e. The fourth-order valence-corrected chi connectivity index (χ4v) is 3.69. The van der Waals surface area contributed by atoms with Crippen LogP contribution >= 0.6 is 0 Å². The van der Waals surface area contributed by atoms with Crippen molar-refractivity contribution in [3.8, 4) is 0 Å². The van der Waals surface area contributed by atoms with Gasteiger partial charge in [-0.1, -0.05) is 103 Å². The van der Waals surface area contributed by atoms with E-state index in [0.717, 1.165) is 5.69 Å². The van der Waals surface area contributed by atoms with E-state index in [9.17, 15) is 0 Å². The van der Waals surface area contributed by atoms with Crippen molar-refractivity contribution in [1.82, 2.24) is 0 Å². The first-order chi connectivity index (χ1) is 14.6. The lowest BCUT2D eigenvalue weighted by molar-refractivity contribution is 0.609. The second-order valence-corrected chi connectivity index (χ2v) is 8.03. The van der Waals surface area contributed by atoms with Gasteiger partial charge >= 0.3 is 0 Å². The topological polar surface area (TPSA) is 12.0 Å². The van der Waals surface area contributed by atoms with E-state index in [4.69, 9.17) is 0 Å². The number of rotatable bonds is 6. The lowest BCUT2D eigenvalue weighted by Gasteiger charge is -2.28. The highest BCUT2D eigenvalue weighted by atomic mass is 15.0. The summed E-state index contributed by atoms with van der Waals surface area (Å²) < 4.78 is 0. The highest BCUT2D eigenvalue weighted by Crippen LogP contribution is 2.29. The van der Waals surface area contributed by atoms with E-state index in [1.165, 1.54) is 27.8 Å². The molecule has 0 amide bonds. The van der Waals surface area contributed by atoms with E-state index in [0.29, 0.717) is 0 Å².